The van der Waals surface area contributed by atoms with Crippen molar-refractivity contribution < 1.29 is 22.8 Å². The van der Waals surface area contributed by atoms with E-state index in [0.717, 1.165) is 18.2 Å². The standard InChI is InChI=1S/C16H21ClF3N3O2/c1-15(2,13(24)21-7-8-23(3)4)14(25)22-12-9-10(16(18,19)20)5-6-11(12)17/h5-6,9H,7-8H2,1-4H3,(H,21,24)(H,22,25). The third kappa shape index (κ3) is 5.89. The second kappa shape index (κ2) is 8.05. The number of alkyl halides is 3. The molecular weight excluding hydrogens is 359 g/mol. The highest BCUT2D eigenvalue weighted by Gasteiger charge is 2.37. The molecule has 0 bridgehead atoms. The smallest absolute Gasteiger partial charge is 0.354 e. The van der Waals surface area contributed by atoms with Crippen LogP contribution in [0, 0.1) is 5.41 Å². The maximum absolute atomic E-state index is 12.8. The van der Waals surface area contributed by atoms with Crippen LogP contribution in [0.15, 0.2) is 18.2 Å². The summed E-state index contributed by atoms with van der Waals surface area (Å²) in [6.45, 7) is 3.69. The van der Waals surface area contributed by atoms with Crippen molar-refractivity contribution in [1.82, 2.24) is 10.2 Å². The van der Waals surface area contributed by atoms with Crippen molar-refractivity contribution in [2.75, 3.05) is 32.5 Å². The Morgan fingerprint density at radius 2 is 1.76 bits per heavy atom. The number of hydrogen-bond donors (Lipinski definition) is 2. The molecule has 0 aliphatic rings. The van der Waals surface area contributed by atoms with Gasteiger partial charge >= 0.3 is 6.18 Å². The fourth-order valence-corrected chi connectivity index (χ4v) is 1.96. The zero-order chi connectivity index (χ0) is 19.4. The lowest BCUT2D eigenvalue weighted by Crippen LogP contribution is -2.46. The number of amides is 2. The van der Waals surface area contributed by atoms with Gasteiger partial charge in [0.25, 0.3) is 0 Å². The third-order valence-electron chi connectivity index (χ3n) is 3.52. The van der Waals surface area contributed by atoms with Crippen molar-refractivity contribution >= 4 is 29.1 Å². The number of anilines is 1. The molecule has 0 aliphatic heterocycles. The van der Waals surface area contributed by atoms with Gasteiger partial charge in [-0.25, -0.2) is 0 Å². The Labute approximate surface area is 149 Å². The molecule has 0 spiro atoms. The van der Waals surface area contributed by atoms with Gasteiger partial charge in [0.1, 0.15) is 5.41 Å². The number of halogens is 4. The topological polar surface area (TPSA) is 61.4 Å². The van der Waals surface area contributed by atoms with Gasteiger partial charge in [0.05, 0.1) is 16.3 Å². The summed E-state index contributed by atoms with van der Waals surface area (Å²) in [6.07, 6.45) is -4.57. The van der Waals surface area contributed by atoms with E-state index in [1.807, 2.05) is 19.0 Å². The number of hydrogen-bond acceptors (Lipinski definition) is 3. The number of carbonyl (C=O) groups excluding carboxylic acids is 2. The first-order valence-corrected chi connectivity index (χ1v) is 7.84. The van der Waals surface area contributed by atoms with Gasteiger partial charge in [-0.2, -0.15) is 13.2 Å². The molecule has 1 rings (SSSR count). The van der Waals surface area contributed by atoms with Gasteiger partial charge in [-0.15, -0.1) is 0 Å². The van der Waals surface area contributed by atoms with Crippen LogP contribution in [-0.2, 0) is 15.8 Å². The number of nitrogens with zero attached hydrogens (tertiary/aromatic N) is 1. The molecule has 140 valence electrons. The minimum absolute atomic E-state index is 0.0508. The fourth-order valence-electron chi connectivity index (χ4n) is 1.79. The number of carbonyl (C=O) groups is 2. The number of rotatable bonds is 6. The van der Waals surface area contributed by atoms with Crippen LogP contribution in [0.4, 0.5) is 18.9 Å². The van der Waals surface area contributed by atoms with E-state index in [2.05, 4.69) is 10.6 Å². The van der Waals surface area contributed by atoms with Crippen molar-refractivity contribution in [1.29, 1.82) is 0 Å². The molecule has 2 amide bonds. The normalized spacial score (nSPS) is 12.2. The van der Waals surface area contributed by atoms with E-state index >= 15 is 0 Å². The molecule has 9 heteroatoms. The van der Waals surface area contributed by atoms with E-state index < -0.39 is 29.0 Å². The first kappa shape index (κ1) is 21.2. The van der Waals surface area contributed by atoms with Crippen molar-refractivity contribution in [2.45, 2.75) is 20.0 Å². The van der Waals surface area contributed by atoms with E-state index in [0.29, 0.717) is 13.1 Å². The first-order valence-electron chi connectivity index (χ1n) is 7.47. The lowest BCUT2D eigenvalue weighted by Gasteiger charge is -2.24. The summed E-state index contributed by atoms with van der Waals surface area (Å²) in [6, 6.07) is 2.60. The first-order chi connectivity index (χ1) is 11.4. The van der Waals surface area contributed by atoms with Crippen molar-refractivity contribution in [2.24, 2.45) is 5.41 Å². The molecule has 0 aliphatic carbocycles. The van der Waals surface area contributed by atoms with Gasteiger partial charge in [-0.1, -0.05) is 11.6 Å². The van der Waals surface area contributed by atoms with Crippen LogP contribution >= 0.6 is 11.6 Å². The Morgan fingerprint density at radius 3 is 2.28 bits per heavy atom. The van der Waals surface area contributed by atoms with Gasteiger partial charge in [0.15, 0.2) is 0 Å². The van der Waals surface area contributed by atoms with E-state index in [-0.39, 0.29) is 10.7 Å². The molecule has 0 saturated carbocycles. The average Bonchev–Trinajstić information content (AvgIpc) is 2.47. The van der Waals surface area contributed by atoms with E-state index in [9.17, 15) is 22.8 Å². The number of nitrogens with one attached hydrogen (secondary N) is 2. The zero-order valence-corrected chi connectivity index (χ0v) is 15.2. The van der Waals surface area contributed by atoms with Gasteiger partial charge in [-0.3, -0.25) is 9.59 Å². The minimum Gasteiger partial charge on any atom is -0.354 e. The van der Waals surface area contributed by atoms with Crippen LogP contribution in [0.5, 0.6) is 0 Å². The van der Waals surface area contributed by atoms with Crippen LogP contribution in [0.1, 0.15) is 19.4 Å². The largest absolute Gasteiger partial charge is 0.416 e. The zero-order valence-electron chi connectivity index (χ0n) is 14.4. The molecule has 0 atom stereocenters. The summed E-state index contributed by atoms with van der Waals surface area (Å²) in [7, 11) is 3.67. The van der Waals surface area contributed by atoms with Gasteiger partial charge in [-0.05, 0) is 46.1 Å². The fraction of sp³-hybridized carbons (Fsp3) is 0.500. The molecule has 1 aromatic rings. The highest BCUT2D eigenvalue weighted by molar-refractivity contribution is 6.34. The molecule has 25 heavy (non-hydrogen) atoms. The SMILES string of the molecule is CN(C)CCNC(=O)C(C)(C)C(=O)Nc1cc(C(F)(F)F)ccc1Cl. The van der Waals surface area contributed by atoms with Crippen LogP contribution in [0.25, 0.3) is 0 Å². The summed E-state index contributed by atoms with van der Waals surface area (Å²) in [5, 5.41) is 4.87. The quantitative estimate of drug-likeness (QED) is 0.747. The van der Waals surface area contributed by atoms with Gasteiger partial charge in [0.2, 0.25) is 11.8 Å². The lowest BCUT2D eigenvalue weighted by molar-refractivity contribution is -0.139. The molecule has 0 aromatic heterocycles. The molecule has 2 N–H and O–H groups in total. The molecule has 0 saturated heterocycles. The van der Waals surface area contributed by atoms with E-state index in [4.69, 9.17) is 11.6 Å². The van der Waals surface area contributed by atoms with Crippen LogP contribution < -0.4 is 10.6 Å². The summed E-state index contributed by atoms with van der Waals surface area (Å²) < 4.78 is 38.3. The average molecular weight is 380 g/mol. The Bertz CT molecular complexity index is 646. The van der Waals surface area contributed by atoms with Crippen molar-refractivity contribution in [3.8, 4) is 0 Å². The van der Waals surface area contributed by atoms with E-state index in [1.54, 1.807) is 0 Å². The van der Waals surface area contributed by atoms with E-state index in [1.165, 1.54) is 13.8 Å². The molecular formula is C16H21ClF3N3O2. The van der Waals surface area contributed by atoms with Gasteiger partial charge < -0.3 is 15.5 Å². The monoisotopic (exact) mass is 379 g/mol. The second-order valence-corrected chi connectivity index (χ2v) is 6.74. The second-order valence-electron chi connectivity index (χ2n) is 6.33. The highest BCUT2D eigenvalue weighted by Crippen LogP contribution is 2.34. The number of benzene rings is 1. The van der Waals surface area contributed by atoms with Crippen LogP contribution in [0.3, 0.4) is 0 Å². The molecule has 0 fully saturated rings. The summed E-state index contributed by atoms with van der Waals surface area (Å²) in [5.41, 5.74) is -2.62. The molecule has 5 nitrogen and oxygen atoms in total. The molecule has 0 unspecified atom stereocenters. The van der Waals surface area contributed by atoms with Crippen LogP contribution in [0.2, 0.25) is 5.02 Å². The number of likely N-dealkylation sites (N-methyl/N-ethyl adjacent to an activating group) is 1. The van der Waals surface area contributed by atoms with Crippen molar-refractivity contribution in [3.63, 3.8) is 0 Å². The predicted molar refractivity (Wildman–Crippen MR) is 90.4 cm³/mol. The molecule has 0 heterocycles. The molecule has 0 radical (unpaired) electrons. The third-order valence-corrected chi connectivity index (χ3v) is 3.85. The maximum Gasteiger partial charge on any atom is 0.416 e. The minimum atomic E-state index is -4.57. The summed E-state index contributed by atoms with van der Waals surface area (Å²) >= 11 is 5.85. The Morgan fingerprint density at radius 1 is 1.16 bits per heavy atom. The Hall–Kier alpha value is -1.80. The molecule has 1 aromatic carbocycles. The maximum atomic E-state index is 12.8. The van der Waals surface area contributed by atoms with Gasteiger partial charge in [0, 0.05) is 13.1 Å². The predicted octanol–water partition coefficient (Wildman–Crippen LogP) is 3.00. The Kier molecular flexibility index (Phi) is 6.84. The van der Waals surface area contributed by atoms with Crippen molar-refractivity contribution in [3.05, 3.63) is 28.8 Å². The van der Waals surface area contributed by atoms with Crippen LogP contribution in [-0.4, -0.2) is 43.9 Å². The lowest BCUT2D eigenvalue weighted by atomic mass is 9.91. The summed E-state index contributed by atoms with van der Waals surface area (Å²) in [5.74, 6) is -1.29. The Balaban J connectivity index is 2.88. The summed E-state index contributed by atoms with van der Waals surface area (Å²) in [4.78, 5) is 26.4. The highest BCUT2D eigenvalue weighted by atomic mass is 35.5.